The minimum Gasteiger partial charge on any atom is -0.342 e. The Labute approximate surface area is 137 Å². The van der Waals surface area contributed by atoms with Gasteiger partial charge in [-0.1, -0.05) is 35.5 Å². The number of amides is 1. The van der Waals surface area contributed by atoms with Crippen LogP contribution < -0.4 is 10.9 Å². The minimum atomic E-state index is -0.420. The van der Waals surface area contributed by atoms with Crippen molar-refractivity contribution < 1.29 is 9.32 Å². The highest BCUT2D eigenvalue weighted by atomic mass is 16.5. The molecule has 0 unspecified atom stereocenters. The lowest BCUT2D eigenvalue weighted by molar-refractivity contribution is 0.0938. The van der Waals surface area contributed by atoms with Crippen molar-refractivity contribution in [3.8, 4) is 11.4 Å². The third kappa shape index (κ3) is 3.37. The van der Waals surface area contributed by atoms with E-state index in [0.29, 0.717) is 12.4 Å². The fourth-order valence-corrected chi connectivity index (χ4v) is 2.07. The highest BCUT2D eigenvalue weighted by Crippen LogP contribution is 2.14. The smallest absolute Gasteiger partial charge is 0.272 e. The van der Waals surface area contributed by atoms with Crippen LogP contribution in [0.1, 0.15) is 23.3 Å². The fourth-order valence-electron chi connectivity index (χ4n) is 2.07. The molecule has 0 aliphatic heterocycles. The van der Waals surface area contributed by atoms with Crippen LogP contribution in [0.4, 0.5) is 0 Å². The largest absolute Gasteiger partial charge is 0.342 e. The number of nitrogens with one attached hydrogen (secondary N) is 1. The average Bonchev–Trinajstić information content (AvgIpc) is 3.10. The maximum atomic E-state index is 12.1. The summed E-state index contributed by atoms with van der Waals surface area (Å²) in [5.41, 5.74) is 0.730. The Bertz CT molecular complexity index is 901. The fraction of sp³-hybridized carbons (Fsp3) is 0.188. The van der Waals surface area contributed by atoms with Gasteiger partial charge >= 0.3 is 0 Å². The molecule has 2 heterocycles. The summed E-state index contributed by atoms with van der Waals surface area (Å²) in [7, 11) is 0. The van der Waals surface area contributed by atoms with Crippen LogP contribution in [0.15, 0.2) is 51.8 Å². The van der Waals surface area contributed by atoms with Crippen LogP contribution in [0.5, 0.6) is 0 Å². The van der Waals surface area contributed by atoms with Gasteiger partial charge in [0.15, 0.2) is 0 Å². The molecule has 0 saturated carbocycles. The number of hydrogen-bond donors (Lipinski definition) is 1. The lowest BCUT2D eigenvalue weighted by atomic mass is 10.2. The molecule has 2 aromatic heterocycles. The van der Waals surface area contributed by atoms with E-state index < -0.39 is 5.91 Å². The van der Waals surface area contributed by atoms with E-state index in [2.05, 4.69) is 20.6 Å². The van der Waals surface area contributed by atoms with Crippen molar-refractivity contribution in [1.29, 1.82) is 0 Å². The third-order valence-corrected chi connectivity index (χ3v) is 3.30. The van der Waals surface area contributed by atoms with Crippen molar-refractivity contribution in [1.82, 2.24) is 25.2 Å². The van der Waals surface area contributed by atoms with Crippen LogP contribution in [0.2, 0.25) is 0 Å². The maximum absolute atomic E-state index is 12.1. The van der Waals surface area contributed by atoms with Gasteiger partial charge in [0.25, 0.3) is 11.5 Å². The number of rotatable bonds is 5. The van der Waals surface area contributed by atoms with Gasteiger partial charge in [0.2, 0.25) is 11.7 Å². The topological polar surface area (TPSA) is 103 Å². The molecule has 0 atom stereocenters. The normalized spacial score (nSPS) is 10.5. The van der Waals surface area contributed by atoms with Gasteiger partial charge in [-0.05, 0) is 13.0 Å². The molecule has 0 aliphatic rings. The number of carbonyl (C=O) groups is 1. The summed E-state index contributed by atoms with van der Waals surface area (Å²) < 4.78 is 6.34. The van der Waals surface area contributed by atoms with Crippen molar-refractivity contribution in [2.75, 3.05) is 0 Å². The van der Waals surface area contributed by atoms with E-state index in [9.17, 15) is 9.59 Å². The first-order valence-electron chi connectivity index (χ1n) is 7.41. The SMILES string of the molecule is CCn1nc(C(=O)NCc2nc(-c3ccccc3)no2)ccc1=O. The monoisotopic (exact) mass is 325 g/mol. The van der Waals surface area contributed by atoms with Crippen molar-refractivity contribution in [2.24, 2.45) is 0 Å². The van der Waals surface area contributed by atoms with Crippen LogP contribution in [-0.4, -0.2) is 25.8 Å². The van der Waals surface area contributed by atoms with E-state index in [0.717, 1.165) is 5.56 Å². The van der Waals surface area contributed by atoms with Gasteiger partial charge in [0.05, 0.1) is 6.54 Å². The van der Waals surface area contributed by atoms with Crippen molar-refractivity contribution in [3.63, 3.8) is 0 Å². The van der Waals surface area contributed by atoms with E-state index in [4.69, 9.17) is 4.52 Å². The van der Waals surface area contributed by atoms with Gasteiger partial charge in [0, 0.05) is 18.2 Å². The first kappa shape index (κ1) is 15.6. The Kier molecular flexibility index (Phi) is 4.46. The van der Waals surface area contributed by atoms with E-state index in [1.165, 1.54) is 16.8 Å². The summed E-state index contributed by atoms with van der Waals surface area (Å²) in [6, 6.07) is 12.1. The third-order valence-electron chi connectivity index (χ3n) is 3.30. The van der Waals surface area contributed by atoms with Crippen LogP contribution in [-0.2, 0) is 13.1 Å². The molecule has 0 bridgehead atoms. The summed E-state index contributed by atoms with van der Waals surface area (Å²) >= 11 is 0. The Morgan fingerprint density at radius 3 is 2.75 bits per heavy atom. The van der Waals surface area contributed by atoms with Crippen LogP contribution >= 0.6 is 0 Å². The predicted molar refractivity (Wildman–Crippen MR) is 85.1 cm³/mol. The summed E-state index contributed by atoms with van der Waals surface area (Å²) in [4.78, 5) is 27.8. The first-order chi connectivity index (χ1) is 11.7. The Balaban J connectivity index is 1.67. The summed E-state index contributed by atoms with van der Waals surface area (Å²) in [5.74, 6) is 0.320. The molecule has 3 rings (SSSR count). The molecule has 122 valence electrons. The number of benzene rings is 1. The second-order valence-corrected chi connectivity index (χ2v) is 4.93. The molecule has 0 spiro atoms. The van der Waals surface area contributed by atoms with Gasteiger partial charge in [-0.3, -0.25) is 9.59 Å². The highest BCUT2D eigenvalue weighted by Gasteiger charge is 2.12. The zero-order chi connectivity index (χ0) is 16.9. The van der Waals surface area contributed by atoms with Crippen molar-refractivity contribution >= 4 is 5.91 Å². The molecule has 3 aromatic rings. The quantitative estimate of drug-likeness (QED) is 0.757. The molecular weight excluding hydrogens is 310 g/mol. The molecular formula is C16H15N5O3. The molecule has 1 N–H and O–H groups in total. The molecule has 0 radical (unpaired) electrons. The Hall–Kier alpha value is -3.29. The predicted octanol–water partition coefficient (Wildman–Crippen LogP) is 1.24. The number of hydrogen-bond acceptors (Lipinski definition) is 6. The van der Waals surface area contributed by atoms with Gasteiger partial charge < -0.3 is 9.84 Å². The summed E-state index contributed by atoms with van der Waals surface area (Å²) in [5, 5.41) is 10.5. The van der Waals surface area contributed by atoms with Gasteiger partial charge in [-0.25, -0.2) is 4.68 Å². The van der Waals surface area contributed by atoms with Crippen molar-refractivity contribution in [2.45, 2.75) is 20.0 Å². The molecule has 0 aliphatic carbocycles. The van der Waals surface area contributed by atoms with E-state index in [1.54, 1.807) is 6.92 Å². The highest BCUT2D eigenvalue weighted by molar-refractivity contribution is 5.91. The summed E-state index contributed by atoms with van der Waals surface area (Å²) in [6.07, 6.45) is 0. The molecule has 0 saturated heterocycles. The zero-order valence-corrected chi connectivity index (χ0v) is 13.0. The minimum absolute atomic E-state index is 0.0750. The average molecular weight is 325 g/mol. The van der Waals surface area contributed by atoms with Gasteiger partial charge in [-0.15, -0.1) is 0 Å². The Morgan fingerprint density at radius 2 is 2.00 bits per heavy atom. The number of aromatic nitrogens is 4. The molecule has 1 amide bonds. The standard InChI is InChI=1S/C16H15N5O3/c1-2-21-14(22)9-8-12(19-21)16(23)17-10-13-18-15(20-24-13)11-6-4-3-5-7-11/h3-9H,2,10H2,1H3,(H,17,23). The van der Waals surface area contributed by atoms with Crippen LogP contribution in [0, 0.1) is 0 Å². The van der Waals surface area contributed by atoms with E-state index >= 15 is 0 Å². The van der Waals surface area contributed by atoms with Crippen LogP contribution in [0.25, 0.3) is 11.4 Å². The second kappa shape index (κ2) is 6.86. The molecule has 8 nitrogen and oxygen atoms in total. The van der Waals surface area contributed by atoms with Crippen LogP contribution in [0.3, 0.4) is 0 Å². The second-order valence-electron chi connectivity index (χ2n) is 4.93. The Morgan fingerprint density at radius 1 is 1.21 bits per heavy atom. The number of carbonyl (C=O) groups excluding carboxylic acids is 1. The van der Waals surface area contributed by atoms with Gasteiger partial charge in [-0.2, -0.15) is 10.1 Å². The van der Waals surface area contributed by atoms with E-state index in [1.807, 2.05) is 30.3 Å². The van der Waals surface area contributed by atoms with Gasteiger partial charge in [0.1, 0.15) is 5.69 Å². The lowest BCUT2D eigenvalue weighted by Gasteiger charge is -2.04. The maximum Gasteiger partial charge on any atom is 0.272 e. The number of nitrogens with zero attached hydrogens (tertiary/aromatic N) is 4. The molecule has 8 heteroatoms. The first-order valence-corrected chi connectivity index (χ1v) is 7.41. The molecule has 1 aromatic carbocycles. The zero-order valence-electron chi connectivity index (χ0n) is 13.0. The van der Waals surface area contributed by atoms with E-state index in [-0.39, 0.29) is 23.7 Å². The lowest BCUT2D eigenvalue weighted by Crippen LogP contribution is -2.29. The van der Waals surface area contributed by atoms with Crippen molar-refractivity contribution in [3.05, 3.63) is 64.4 Å². The number of aryl methyl sites for hydroxylation is 1. The summed E-state index contributed by atoms with van der Waals surface area (Å²) in [6.45, 7) is 2.25. The molecule has 0 fully saturated rings. The molecule has 24 heavy (non-hydrogen) atoms.